The molecule has 0 amide bonds. The van der Waals surface area contributed by atoms with Gasteiger partial charge in [0.15, 0.2) is 0 Å². The van der Waals surface area contributed by atoms with Gasteiger partial charge in [0.1, 0.15) is 5.82 Å². The fourth-order valence-electron chi connectivity index (χ4n) is 3.12. The molecule has 0 aliphatic carbocycles. The van der Waals surface area contributed by atoms with E-state index in [0.29, 0.717) is 23.7 Å². The highest BCUT2D eigenvalue weighted by Gasteiger charge is 2.18. The van der Waals surface area contributed by atoms with E-state index in [2.05, 4.69) is 14.8 Å². The van der Waals surface area contributed by atoms with Crippen LogP contribution in [-0.2, 0) is 6.54 Å². The smallest absolute Gasteiger partial charge is 0.254 e. The summed E-state index contributed by atoms with van der Waals surface area (Å²) in [7, 11) is 0. The summed E-state index contributed by atoms with van der Waals surface area (Å²) < 4.78 is 16.9. The van der Waals surface area contributed by atoms with Crippen LogP contribution in [0.1, 0.15) is 6.92 Å². The fraction of sp³-hybridized carbons (Fsp3) is 0.150. The number of hydrogen-bond acceptors (Lipinski definition) is 3. The topological polar surface area (TPSA) is 59.7 Å². The Hall–Kier alpha value is -3.50. The van der Waals surface area contributed by atoms with E-state index >= 15 is 0 Å². The molecule has 4 rings (SSSR count). The van der Waals surface area contributed by atoms with E-state index in [1.807, 2.05) is 22.9 Å². The minimum Gasteiger partial charge on any atom is -0.392 e. The van der Waals surface area contributed by atoms with Gasteiger partial charge in [-0.1, -0.05) is 6.57 Å². The second-order valence-corrected chi connectivity index (χ2v) is 6.32. The zero-order valence-electron chi connectivity index (χ0n) is 14.5. The van der Waals surface area contributed by atoms with E-state index < -0.39 is 6.10 Å². The van der Waals surface area contributed by atoms with Crippen molar-refractivity contribution >= 4 is 11.5 Å². The molecule has 0 unspecified atom stereocenters. The van der Waals surface area contributed by atoms with E-state index in [9.17, 15) is 9.50 Å². The molecule has 7 heteroatoms. The Labute approximate surface area is 155 Å². The standard InChI is InChI=1S/C20H16FN5O/c1-13(27)10-25-12-24-19(14-3-6-16(21)7-4-14)20(25)15-5-8-17-23-9-18(22-2)26(17)11-15/h3-9,11-13,27H,10H2,1H3/t13-/m0/s1. The summed E-state index contributed by atoms with van der Waals surface area (Å²) in [5.41, 5.74) is 3.73. The van der Waals surface area contributed by atoms with Crippen LogP contribution in [0.25, 0.3) is 33.0 Å². The van der Waals surface area contributed by atoms with E-state index in [1.54, 1.807) is 29.8 Å². The quantitative estimate of drug-likeness (QED) is 0.560. The molecule has 0 aliphatic heterocycles. The zero-order valence-corrected chi connectivity index (χ0v) is 14.5. The molecule has 1 N–H and O–H groups in total. The SMILES string of the molecule is [C-]#[N+]c1cnc2ccc(-c3c(-c4ccc(F)cc4)ncn3C[C@H](C)O)cn12. The molecule has 0 bridgehead atoms. The average Bonchev–Trinajstić information content (AvgIpc) is 3.25. The molecule has 1 atom stereocenters. The first-order chi connectivity index (χ1) is 13.1. The van der Waals surface area contributed by atoms with Gasteiger partial charge in [0.05, 0.1) is 36.2 Å². The first kappa shape index (κ1) is 16.9. The minimum atomic E-state index is -0.560. The molecule has 3 heterocycles. The van der Waals surface area contributed by atoms with Crippen LogP contribution in [0.15, 0.2) is 55.1 Å². The highest BCUT2D eigenvalue weighted by Crippen LogP contribution is 2.32. The molecular weight excluding hydrogens is 345 g/mol. The zero-order chi connectivity index (χ0) is 19.0. The van der Waals surface area contributed by atoms with Gasteiger partial charge < -0.3 is 14.5 Å². The first-order valence-electron chi connectivity index (χ1n) is 8.41. The van der Waals surface area contributed by atoms with Crippen LogP contribution >= 0.6 is 0 Å². The Morgan fingerprint density at radius 1 is 1.15 bits per heavy atom. The number of fused-ring (bicyclic) bond motifs is 1. The summed E-state index contributed by atoms with van der Waals surface area (Å²) in [6.07, 6.45) is 4.46. The van der Waals surface area contributed by atoms with Crippen molar-refractivity contribution in [3.63, 3.8) is 0 Å². The van der Waals surface area contributed by atoms with Gasteiger partial charge in [-0.2, -0.15) is 0 Å². The Bertz CT molecular complexity index is 1150. The van der Waals surface area contributed by atoms with E-state index in [-0.39, 0.29) is 5.82 Å². The van der Waals surface area contributed by atoms with Gasteiger partial charge >= 0.3 is 0 Å². The number of nitrogens with zero attached hydrogens (tertiary/aromatic N) is 5. The summed E-state index contributed by atoms with van der Waals surface area (Å²) in [6.45, 7) is 9.37. The van der Waals surface area contributed by atoms with Crippen molar-refractivity contribution in [2.75, 3.05) is 0 Å². The number of aliphatic hydroxyl groups excluding tert-OH is 1. The molecule has 6 nitrogen and oxygen atoms in total. The number of rotatable bonds is 4. The lowest BCUT2D eigenvalue weighted by atomic mass is 10.1. The molecule has 1 aromatic carbocycles. The molecule has 134 valence electrons. The Morgan fingerprint density at radius 3 is 2.59 bits per heavy atom. The highest BCUT2D eigenvalue weighted by molar-refractivity contribution is 5.79. The second-order valence-electron chi connectivity index (χ2n) is 6.32. The predicted molar refractivity (Wildman–Crippen MR) is 99.7 cm³/mol. The van der Waals surface area contributed by atoms with Crippen LogP contribution in [0.4, 0.5) is 10.2 Å². The van der Waals surface area contributed by atoms with E-state index in [4.69, 9.17) is 6.57 Å². The minimum absolute atomic E-state index is 0.315. The van der Waals surface area contributed by atoms with Crippen molar-refractivity contribution < 1.29 is 9.50 Å². The van der Waals surface area contributed by atoms with E-state index in [1.165, 1.54) is 18.3 Å². The van der Waals surface area contributed by atoms with Crippen LogP contribution in [-0.4, -0.2) is 30.1 Å². The number of hydrogen-bond donors (Lipinski definition) is 1. The molecule has 0 radical (unpaired) electrons. The van der Waals surface area contributed by atoms with Crippen molar-refractivity contribution in [2.45, 2.75) is 19.6 Å². The largest absolute Gasteiger partial charge is 0.392 e. The molecule has 4 aromatic rings. The first-order valence-corrected chi connectivity index (χ1v) is 8.41. The lowest BCUT2D eigenvalue weighted by Crippen LogP contribution is -2.12. The third-order valence-corrected chi connectivity index (χ3v) is 4.29. The lowest BCUT2D eigenvalue weighted by molar-refractivity contribution is 0.174. The number of aliphatic hydroxyl groups is 1. The molecule has 0 aliphatic rings. The third-order valence-electron chi connectivity index (χ3n) is 4.29. The van der Waals surface area contributed by atoms with Crippen LogP contribution in [0.2, 0.25) is 0 Å². The van der Waals surface area contributed by atoms with Crippen molar-refractivity contribution in [1.29, 1.82) is 0 Å². The molecule has 0 spiro atoms. The molecule has 0 saturated heterocycles. The summed E-state index contributed by atoms with van der Waals surface area (Å²) in [4.78, 5) is 12.2. The Morgan fingerprint density at radius 2 is 1.89 bits per heavy atom. The van der Waals surface area contributed by atoms with Gasteiger partial charge in [-0.25, -0.2) is 18.8 Å². The Kier molecular flexibility index (Phi) is 4.18. The normalized spacial score (nSPS) is 12.2. The van der Waals surface area contributed by atoms with Crippen molar-refractivity contribution in [3.8, 4) is 22.5 Å². The molecule has 0 fully saturated rings. The van der Waals surface area contributed by atoms with Crippen LogP contribution in [0, 0.1) is 12.4 Å². The second kappa shape index (κ2) is 6.67. The summed E-state index contributed by atoms with van der Waals surface area (Å²) in [5.74, 6) is 0.0991. The number of benzene rings is 1. The average molecular weight is 361 g/mol. The maximum Gasteiger partial charge on any atom is 0.254 e. The number of halogens is 1. The number of pyridine rings is 1. The van der Waals surface area contributed by atoms with Crippen LogP contribution in [0.5, 0.6) is 0 Å². The van der Waals surface area contributed by atoms with Gasteiger partial charge in [0, 0.05) is 23.7 Å². The van der Waals surface area contributed by atoms with Gasteiger partial charge in [0.2, 0.25) is 5.65 Å². The maximum atomic E-state index is 13.3. The van der Waals surface area contributed by atoms with Crippen LogP contribution < -0.4 is 0 Å². The van der Waals surface area contributed by atoms with Gasteiger partial charge in [0.25, 0.3) is 5.82 Å². The fourth-order valence-corrected chi connectivity index (χ4v) is 3.12. The van der Waals surface area contributed by atoms with Gasteiger partial charge in [-0.3, -0.25) is 0 Å². The predicted octanol–water partition coefficient (Wildman–Crippen LogP) is 3.94. The maximum absolute atomic E-state index is 13.3. The Balaban J connectivity index is 1.93. The van der Waals surface area contributed by atoms with Crippen molar-refractivity contribution in [1.82, 2.24) is 18.9 Å². The third kappa shape index (κ3) is 3.07. The van der Waals surface area contributed by atoms with Gasteiger partial charge in [-0.05, 0) is 37.3 Å². The highest BCUT2D eigenvalue weighted by atomic mass is 19.1. The molecule has 27 heavy (non-hydrogen) atoms. The molecule has 0 saturated carbocycles. The van der Waals surface area contributed by atoms with Crippen molar-refractivity contribution in [2.24, 2.45) is 0 Å². The van der Waals surface area contributed by atoms with Gasteiger partial charge in [-0.15, -0.1) is 0 Å². The summed E-state index contributed by atoms with van der Waals surface area (Å²) in [6, 6.07) is 9.87. The molecular formula is C20H16FN5O. The number of aromatic nitrogens is 4. The number of imidazole rings is 2. The van der Waals surface area contributed by atoms with Crippen LogP contribution in [0.3, 0.4) is 0 Å². The monoisotopic (exact) mass is 361 g/mol. The van der Waals surface area contributed by atoms with E-state index in [0.717, 1.165) is 16.8 Å². The van der Waals surface area contributed by atoms with Crippen molar-refractivity contribution in [3.05, 3.63) is 72.4 Å². The molecule has 3 aromatic heterocycles. The summed E-state index contributed by atoms with van der Waals surface area (Å²) >= 11 is 0. The lowest BCUT2D eigenvalue weighted by Gasteiger charge is -2.12. The summed E-state index contributed by atoms with van der Waals surface area (Å²) in [5, 5.41) is 9.86.